The van der Waals surface area contributed by atoms with Gasteiger partial charge in [-0.1, -0.05) is 12.1 Å². The summed E-state index contributed by atoms with van der Waals surface area (Å²) in [6.07, 6.45) is 2.70. The number of halogens is 1. The number of likely N-dealkylation sites (tertiary alicyclic amines) is 1. The molecule has 0 aliphatic carbocycles. The van der Waals surface area contributed by atoms with Gasteiger partial charge in [-0.2, -0.15) is 0 Å². The first-order valence-corrected chi connectivity index (χ1v) is 8.15. The minimum atomic E-state index is -0.473. The molecule has 1 heterocycles. The Kier molecular flexibility index (Phi) is 6.27. The first kappa shape index (κ1) is 18.6. The summed E-state index contributed by atoms with van der Waals surface area (Å²) in [4.78, 5) is 37.5. The fourth-order valence-corrected chi connectivity index (χ4v) is 2.83. The van der Waals surface area contributed by atoms with Gasteiger partial charge in [-0.3, -0.25) is 14.4 Å². The molecule has 1 unspecified atom stereocenters. The molecule has 1 atom stereocenters. The zero-order valence-corrected chi connectivity index (χ0v) is 14.3. The van der Waals surface area contributed by atoms with Crippen LogP contribution in [0.25, 0.3) is 5.57 Å². The van der Waals surface area contributed by atoms with Gasteiger partial charge in [0.2, 0.25) is 17.7 Å². The van der Waals surface area contributed by atoms with Crippen LogP contribution in [-0.2, 0) is 14.4 Å². The van der Waals surface area contributed by atoms with E-state index < -0.39 is 11.9 Å². The predicted molar refractivity (Wildman–Crippen MR) is 91.9 cm³/mol. The maximum Gasteiger partial charge on any atom is 0.244 e. The zero-order chi connectivity index (χ0) is 18.4. The quantitative estimate of drug-likeness (QED) is 0.783. The summed E-state index contributed by atoms with van der Waals surface area (Å²) in [6.45, 7) is 2.02. The second kappa shape index (κ2) is 8.41. The van der Waals surface area contributed by atoms with Crippen LogP contribution >= 0.6 is 0 Å². The standard InChI is InChI=1S/C18H22FN3O3/c1-12(13-5-3-6-14(19)10-13)9-16(23)21-11-17(24)22-8-4-7-15(22)18(25)20-2/h3,5-6,9-10,15H,4,7-8,11H2,1-2H3,(H,20,25)(H,21,23)/b12-9-. The maximum atomic E-state index is 13.2. The maximum absolute atomic E-state index is 13.2. The van der Waals surface area contributed by atoms with E-state index in [-0.39, 0.29) is 24.2 Å². The van der Waals surface area contributed by atoms with Crippen molar-refractivity contribution in [3.05, 3.63) is 41.7 Å². The van der Waals surface area contributed by atoms with Crippen LogP contribution in [0.4, 0.5) is 4.39 Å². The molecule has 6 nitrogen and oxygen atoms in total. The molecule has 1 saturated heterocycles. The summed E-state index contributed by atoms with van der Waals surface area (Å²) in [5.74, 6) is -1.31. The SMILES string of the molecule is CNC(=O)C1CCCN1C(=O)CNC(=O)/C=C(/C)c1cccc(F)c1. The van der Waals surface area contributed by atoms with Gasteiger partial charge in [0.05, 0.1) is 6.54 Å². The van der Waals surface area contributed by atoms with E-state index in [1.165, 1.54) is 30.2 Å². The Morgan fingerprint density at radius 3 is 2.80 bits per heavy atom. The molecule has 1 fully saturated rings. The Bertz CT molecular complexity index is 703. The van der Waals surface area contributed by atoms with Gasteiger partial charge in [0.25, 0.3) is 0 Å². The summed E-state index contributed by atoms with van der Waals surface area (Å²) < 4.78 is 13.2. The number of rotatable bonds is 5. The molecule has 0 aromatic heterocycles. The summed E-state index contributed by atoms with van der Waals surface area (Å²) in [5.41, 5.74) is 1.19. The summed E-state index contributed by atoms with van der Waals surface area (Å²) in [6, 6.07) is 5.46. The van der Waals surface area contributed by atoms with Crippen molar-refractivity contribution in [1.82, 2.24) is 15.5 Å². The van der Waals surface area contributed by atoms with Crippen LogP contribution in [0, 0.1) is 5.82 Å². The van der Waals surface area contributed by atoms with Crippen LogP contribution in [0.5, 0.6) is 0 Å². The molecule has 134 valence electrons. The Labute approximate surface area is 146 Å². The van der Waals surface area contributed by atoms with E-state index in [9.17, 15) is 18.8 Å². The van der Waals surface area contributed by atoms with Crippen LogP contribution in [0.1, 0.15) is 25.3 Å². The van der Waals surface area contributed by atoms with Crippen LogP contribution in [0.15, 0.2) is 30.3 Å². The van der Waals surface area contributed by atoms with Gasteiger partial charge >= 0.3 is 0 Å². The molecule has 1 aromatic carbocycles. The Morgan fingerprint density at radius 1 is 1.36 bits per heavy atom. The Morgan fingerprint density at radius 2 is 2.12 bits per heavy atom. The summed E-state index contributed by atoms with van der Waals surface area (Å²) in [5, 5.41) is 5.07. The van der Waals surface area contributed by atoms with Crippen molar-refractivity contribution < 1.29 is 18.8 Å². The molecule has 1 aromatic rings. The van der Waals surface area contributed by atoms with Gasteiger partial charge in [-0.05, 0) is 43.0 Å². The van der Waals surface area contributed by atoms with Gasteiger partial charge < -0.3 is 15.5 Å². The van der Waals surface area contributed by atoms with Gasteiger partial charge in [0, 0.05) is 19.7 Å². The molecule has 0 radical (unpaired) electrons. The van der Waals surface area contributed by atoms with Gasteiger partial charge in [-0.25, -0.2) is 4.39 Å². The molecule has 0 saturated carbocycles. The molecule has 3 amide bonds. The van der Waals surface area contributed by atoms with Crippen molar-refractivity contribution in [2.75, 3.05) is 20.1 Å². The number of carbonyl (C=O) groups is 3. The van der Waals surface area contributed by atoms with Gasteiger partial charge in [0.1, 0.15) is 11.9 Å². The molecule has 7 heteroatoms. The van der Waals surface area contributed by atoms with Crippen molar-refractivity contribution in [3.63, 3.8) is 0 Å². The number of nitrogens with zero attached hydrogens (tertiary/aromatic N) is 1. The number of hydrogen-bond acceptors (Lipinski definition) is 3. The topological polar surface area (TPSA) is 78.5 Å². The highest BCUT2D eigenvalue weighted by molar-refractivity contribution is 5.97. The third-order valence-corrected chi connectivity index (χ3v) is 4.16. The zero-order valence-electron chi connectivity index (χ0n) is 14.3. The number of amides is 3. The number of likely N-dealkylation sites (N-methyl/N-ethyl adjacent to an activating group) is 1. The molecular weight excluding hydrogens is 325 g/mol. The molecule has 1 aliphatic heterocycles. The number of nitrogens with one attached hydrogen (secondary N) is 2. The minimum Gasteiger partial charge on any atom is -0.357 e. The molecule has 0 bridgehead atoms. The molecule has 25 heavy (non-hydrogen) atoms. The first-order chi connectivity index (χ1) is 11.9. The van der Waals surface area contributed by atoms with Crippen molar-refractivity contribution >= 4 is 23.3 Å². The summed E-state index contributed by atoms with van der Waals surface area (Å²) in [7, 11) is 1.53. The number of benzene rings is 1. The molecule has 0 spiro atoms. The number of allylic oxidation sites excluding steroid dienone is 1. The highest BCUT2D eigenvalue weighted by Crippen LogP contribution is 2.17. The van der Waals surface area contributed by atoms with E-state index in [2.05, 4.69) is 10.6 Å². The Hall–Kier alpha value is -2.70. The van der Waals surface area contributed by atoms with Crippen molar-refractivity contribution in [1.29, 1.82) is 0 Å². The average molecular weight is 347 g/mol. The minimum absolute atomic E-state index is 0.181. The molecule has 1 aliphatic rings. The van der Waals surface area contributed by atoms with Crippen LogP contribution in [0.2, 0.25) is 0 Å². The van der Waals surface area contributed by atoms with E-state index >= 15 is 0 Å². The van der Waals surface area contributed by atoms with Crippen LogP contribution < -0.4 is 10.6 Å². The fourth-order valence-electron chi connectivity index (χ4n) is 2.83. The normalized spacial score (nSPS) is 17.3. The highest BCUT2D eigenvalue weighted by Gasteiger charge is 2.33. The van der Waals surface area contributed by atoms with Gasteiger partial charge in [0.15, 0.2) is 0 Å². The van der Waals surface area contributed by atoms with E-state index in [1.807, 2.05) is 0 Å². The van der Waals surface area contributed by atoms with E-state index in [4.69, 9.17) is 0 Å². The Balaban J connectivity index is 1.92. The van der Waals surface area contributed by atoms with Crippen molar-refractivity contribution in [2.24, 2.45) is 0 Å². The van der Waals surface area contributed by atoms with E-state index in [1.54, 1.807) is 19.1 Å². The van der Waals surface area contributed by atoms with E-state index in [0.717, 1.165) is 6.42 Å². The fraction of sp³-hybridized carbons (Fsp3) is 0.389. The summed E-state index contributed by atoms with van der Waals surface area (Å²) >= 11 is 0. The number of carbonyl (C=O) groups excluding carboxylic acids is 3. The third kappa shape index (κ3) is 4.89. The van der Waals surface area contributed by atoms with Crippen molar-refractivity contribution in [2.45, 2.75) is 25.8 Å². The largest absolute Gasteiger partial charge is 0.357 e. The lowest BCUT2D eigenvalue weighted by Crippen LogP contribution is -2.48. The molecule has 2 rings (SSSR count). The van der Waals surface area contributed by atoms with Crippen LogP contribution in [-0.4, -0.2) is 48.8 Å². The van der Waals surface area contributed by atoms with E-state index in [0.29, 0.717) is 24.1 Å². The van der Waals surface area contributed by atoms with Gasteiger partial charge in [-0.15, -0.1) is 0 Å². The average Bonchev–Trinajstić information content (AvgIpc) is 3.08. The third-order valence-electron chi connectivity index (χ3n) is 4.16. The predicted octanol–water partition coefficient (Wildman–Crippen LogP) is 1.08. The smallest absolute Gasteiger partial charge is 0.244 e. The van der Waals surface area contributed by atoms with Crippen LogP contribution in [0.3, 0.4) is 0 Å². The second-order valence-electron chi connectivity index (χ2n) is 5.91. The molecular formula is C18H22FN3O3. The lowest BCUT2D eigenvalue weighted by atomic mass is 10.1. The second-order valence-corrected chi connectivity index (χ2v) is 5.91. The monoisotopic (exact) mass is 347 g/mol. The van der Waals surface area contributed by atoms with Crippen molar-refractivity contribution in [3.8, 4) is 0 Å². The molecule has 2 N–H and O–H groups in total. The highest BCUT2D eigenvalue weighted by atomic mass is 19.1. The lowest BCUT2D eigenvalue weighted by molar-refractivity contribution is -0.138. The number of hydrogen-bond donors (Lipinski definition) is 2. The first-order valence-electron chi connectivity index (χ1n) is 8.15. The lowest BCUT2D eigenvalue weighted by Gasteiger charge is -2.23.